The van der Waals surface area contributed by atoms with E-state index in [0.717, 1.165) is 17.0 Å². The lowest BCUT2D eigenvalue weighted by molar-refractivity contribution is -0.116. The van der Waals surface area contributed by atoms with Gasteiger partial charge in [0.2, 0.25) is 0 Å². The van der Waals surface area contributed by atoms with Crippen LogP contribution in [0.4, 0.5) is 0 Å². The third kappa shape index (κ3) is 2.51. The minimum atomic E-state index is 0.151. The Labute approximate surface area is 94.2 Å². The van der Waals surface area contributed by atoms with E-state index in [-0.39, 0.29) is 5.78 Å². The van der Waals surface area contributed by atoms with E-state index < -0.39 is 0 Å². The van der Waals surface area contributed by atoms with E-state index in [2.05, 4.69) is 9.97 Å². The highest BCUT2D eigenvalue weighted by molar-refractivity contribution is 5.78. The molecule has 0 N–H and O–H groups in total. The molecule has 0 spiro atoms. The number of pyridine rings is 2. The van der Waals surface area contributed by atoms with Gasteiger partial charge in [-0.05, 0) is 36.8 Å². The van der Waals surface area contributed by atoms with Crippen LogP contribution in [-0.4, -0.2) is 15.8 Å². The minimum Gasteiger partial charge on any atom is -0.300 e. The first-order valence-electron chi connectivity index (χ1n) is 5.11. The third-order valence-electron chi connectivity index (χ3n) is 2.20. The maximum Gasteiger partial charge on any atom is 0.134 e. The van der Waals surface area contributed by atoms with Gasteiger partial charge in [0, 0.05) is 18.8 Å². The SMILES string of the molecule is CC(=O)Cc1ccnc(-c2ccccn2)c1. The van der Waals surface area contributed by atoms with Gasteiger partial charge in [0.1, 0.15) is 5.78 Å². The zero-order chi connectivity index (χ0) is 11.4. The van der Waals surface area contributed by atoms with Gasteiger partial charge in [0.05, 0.1) is 11.4 Å². The van der Waals surface area contributed by atoms with Crippen molar-refractivity contribution in [2.24, 2.45) is 0 Å². The number of carbonyl (C=O) groups excluding carboxylic acids is 1. The molecule has 0 amide bonds. The Morgan fingerprint density at radius 3 is 2.62 bits per heavy atom. The molecular weight excluding hydrogens is 200 g/mol. The molecule has 3 nitrogen and oxygen atoms in total. The van der Waals surface area contributed by atoms with E-state index in [4.69, 9.17) is 0 Å². The van der Waals surface area contributed by atoms with Gasteiger partial charge in [-0.2, -0.15) is 0 Å². The molecule has 0 aromatic carbocycles. The van der Waals surface area contributed by atoms with E-state index in [1.807, 2.05) is 30.3 Å². The van der Waals surface area contributed by atoms with Gasteiger partial charge in [0.15, 0.2) is 0 Å². The lowest BCUT2D eigenvalue weighted by Gasteiger charge is -2.02. The molecule has 2 heterocycles. The van der Waals surface area contributed by atoms with Gasteiger partial charge in [-0.1, -0.05) is 6.07 Å². The Morgan fingerprint density at radius 1 is 1.12 bits per heavy atom. The van der Waals surface area contributed by atoms with Crippen molar-refractivity contribution in [1.82, 2.24) is 9.97 Å². The Morgan fingerprint density at radius 2 is 1.94 bits per heavy atom. The Kier molecular flexibility index (Phi) is 3.05. The molecule has 2 aromatic rings. The quantitative estimate of drug-likeness (QED) is 0.783. The molecule has 0 radical (unpaired) electrons. The fourth-order valence-corrected chi connectivity index (χ4v) is 1.53. The van der Waals surface area contributed by atoms with Gasteiger partial charge < -0.3 is 0 Å². The second kappa shape index (κ2) is 4.66. The first kappa shape index (κ1) is 10.5. The van der Waals surface area contributed by atoms with Crippen molar-refractivity contribution < 1.29 is 4.79 Å². The standard InChI is InChI=1S/C13H12N2O/c1-10(16)8-11-5-7-15-13(9-11)12-4-2-3-6-14-12/h2-7,9H,8H2,1H3. The van der Waals surface area contributed by atoms with E-state index in [1.165, 1.54) is 0 Å². The number of ketones is 1. The van der Waals surface area contributed by atoms with Crippen molar-refractivity contribution in [3.63, 3.8) is 0 Å². The van der Waals surface area contributed by atoms with Crippen molar-refractivity contribution in [1.29, 1.82) is 0 Å². The normalized spacial score (nSPS) is 10.1. The number of rotatable bonds is 3. The van der Waals surface area contributed by atoms with Crippen molar-refractivity contribution in [3.8, 4) is 11.4 Å². The van der Waals surface area contributed by atoms with Gasteiger partial charge in [-0.3, -0.25) is 14.8 Å². The molecule has 0 aliphatic carbocycles. The van der Waals surface area contributed by atoms with Crippen LogP contribution in [0.3, 0.4) is 0 Å². The molecule has 16 heavy (non-hydrogen) atoms. The zero-order valence-electron chi connectivity index (χ0n) is 9.05. The number of nitrogens with zero attached hydrogens (tertiary/aromatic N) is 2. The first-order valence-corrected chi connectivity index (χ1v) is 5.11. The van der Waals surface area contributed by atoms with Gasteiger partial charge >= 0.3 is 0 Å². The summed E-state index contributed by atoms with van der Waals surface area (Å²) in [5, 5.41) is 0. The summed E-state index contributed by atoms with van der Waals surface area (Å²) in [7, 11) is 0. The molecule has 0 atom stereocenters. The first-order chi connectivity index (χ1) is 7.75. The van der Waals surface area contributed by atoms with Crippen LogP contribution in [-0.2, 0) is 11.2 Å². The smallest absolute Gasteiger partial charge is 0.134 e. The van der Waals surface area contributed by atoms with Gasteiger partial charge in [0.25, 0.3) is 0 Å². The average Bonchev–Trinajstić information content (AvgIpc) is 2.30. The van der Waals surface area contributed by atoms with E-state index in [9.17, 15) is 4.79 Å². The Bertz CT molecular complexity index is 494. The summed E-state index contributed by atoms with van der Waals surface area (Å²) in [6, 6.07) is 9.45. The molecular formula is C13H12N2O. The fraction of sp³-hybridized carbons (Fsp3) is 0.154. The molecule has 0 aliphatic rings. The number of Topliss-reactive ketones (excluding diaryl/α,β-unsaturated/α-hetero) is 1. The molecule has 3 heteroatoms. The van der Waals surface area contributed by atoms with Crippen LogP contribution in [0, 0.1) is 0 Å². The Balaban J connectivity index is 2.33. The molecule has 0 saturated heterocycles. The van der Waals surface area contributed by atoms with Crippen molar-refractivity contribution in [3.05, 3.63) is 48.3 Å². The molecule has 0 bridgehead atoms. The number of carbonyl (C=O) groups is 1. The number of hydrogen-bond acceptors (Lipinski definition) is 3. The van der Waals surface area contributed by atoms with Crippen LogP contribution >= 0.6 is 0 Å². The summed E-state index contributed by atoms with van der Waals surface area (Å²) in [5.74, 6) is 0.151. The summed E-state index contributed by atoms with van der Waals surface area (Å²) in [5.41, 5.74) is 2.61. The Hall–Kier alpha value is -2.03. The molecule has 2 aromatic heterocycles. The predicted octanol–water partition coefficient (Wildman–Crippen LogP) is 2.28. The van der Waals surface area contributed by atoms with Crippen LogP contribution in [0.15, 0.2) is 42.7 Å². The number of aromatic nitrogens is 2. The predicted molar refractivity (Wildman–Crippen MR) is 61.9 cm³/mol. The zero-order valence-corrected chi connectivity index (χ0v) is 9.05. The highest BCUT2D eigenvalue weighted by atomic mass is 16.1. The summed E-state index contributed by atoms with van der Waals surface area (Å²) in [4.78, 5) is 19.5. The third-order valence-corrected chi connectivity index (χ3v) is 2.20. The topological polar surface area (TPSA) is 42.9 Å². The molecule has 80 valence electrons. The fourth-order valence-electron chi connectivity index (χ4n) is 1.53. The second-order valence-electron chi connectivity index (χ2n) is 3.64. The lowest BCUT2D eigenvalue weighted by Crippen LogP contribution is -1.97. The monoisotopic (exact) mass is 212 g/mol. The second-order valence-corrected chi connectivity index (χ2v) is 3.64. The van der Waals surface area contributed by atoms with Crippen LogP contribution in [0.5, 0.6) is 0 Å². The average molecular weight is 212 g/mol. The minimum absolute atomic E-state index is 0.151. The van der Waals surface area contributed by atoms with E-state index >= 15 is 0 Å². The summed E-state index contributed by atoms with van der Waals surface area (Å²) in [6.45, 7) is 1.58. The van der Waals surface area contributed by atoms with Gasteiger partial charge in [-0.25, -0.2) is 0 Å². The van der Waals surface area contributed by atoms with Crippen LogP contribution in [0.2, 0.25) is 0 Å². The van der Waals surface area contributed by atoms with Crippen LogP contribution < -0.4 is 0 Å². The molecule has 0 unspecified atom stereocenters. The lowest BCUT2D eigenvalue weighted by atomic mass is 10.1. The van der Waals surface area contributed by atoms with Crippen molar-refractivity contribution in [2.45, 2.75) is 13.3 Å². The van der Waals surface area contributed by atoms with Gasteiger partial charge in [-0.15, -0.1) is 0 Å². The van der Waals surface area contributed by atoms with Crippen molar-refractivity contribution in [2.75, 3.05) is 0 Å². The molecule has 0 aliphatic heterocycles. The maximum atomic E-state index is 11.0. The molecule has 2 rings (SSSR count). The summed E-state index contributed by atoms with van der Waals surface area (Å²) < 4.78 is 0. The van der Waals surface area contributed by atoms with Crippen LogP contribution in [0.1, 0.15) is 12.5 Å². The maximum absolute atomic E-state index is 11.0. The molecule has 0 fully saturated rings. The molecule has 0 saturated carbocycles. The van der Waals surface area contributed by atoms with Crippen LogP contribution in [0.25, 0.3) is 11.4 Å². The summed E-state index contributed by atoms with van der Waals surface area (Å²) >= 11 is 0. The highest BCUT2D eigenvalue weighted by Gasteiger charge is 2.02. The number of hydrogen-bond donors (Lipinski definition) is 0. The van der Waals surface area contributed by atoms with E-state index in [0.29, 0.717) is 6.42 Å². The van der Waals surface area contributed by atoms with E-state index in [1.54, 1.807) is 19.3 Å². The largest absolute Gasteiger partial charge is 0.300 e. The highest BCUT2D eigenvalue weighted by Crippen LogP contribution is 2.14. The summed E-state index contributed by atoms with van der Waals surface area (Å²) in [6.07, 6.45) is 3.89. The van der Waals surface area contributed by atoms with Crippen molar-refractivity contribution >= 4 is 5.78 Å².